The number of piperidine rings is 1. The Hall–Kier alpha value is -1.06. The highest BCUT2D eigenvalue weighted by molar-refractivity contribution is 5.20. The van der Waals surface area contributed by atoms with E-state index in [0.717, 1.165) is 24.8 Å². The smallest absolute Gasteiger partial charge is 0.119 e. The van der Waals surface area contributed by atoms with Crippen molar-refractivity contribution in [3.63, 3.8) is 0 Å². The number of benzene rings is 1. The fraction of sp³-hybridized carbons (Fsp3) is 0.647. The second-order valence-corrected chi connectivity index (χ2v) is 6.01. The molecule has 20 heavy (non-hydrogen) atoms. The summed E-state index contributed by atoms with van der Waals surface area (Å²) in [6.07, 6.45) is 2.62. The lowest BCUT2D eigenvalue weighted by Gasteiger charge is -2.32. The topological polar surface area (TPSA) is 24.5 Å². The van der Waals surface area contributed by atoms with Gasteiger partial charge in [-0.1, -0.05) is 32.0 Å². The molecule has 0 radical (unpaired) electrons. The van der Waals surface area contributed by atoms with Gasteiger partial charge in [0, 0.05) is 12.6 Å². The summed E-state index contributed by atoms with van der Waals surface area (Å²) in [6.45, 7) is 9.86. The molecule has 0 bridgehead atoms. The molecular formula is C17H28N2O. The number of hydrogen-bond donors (Lipinski definition) is 1. The zero-order valence-electron chi connectivity index (χ0n) is 12.8. The first kappa shape index (κ1) is 15.3. The molecule has 0 amide bonds. The first-order valence-corrected chi connectivity index (χ1v) is 7.87. The van der Waals surface area contributed by atoms with Crippen molar-refractivity contribution in [2.24, 2.45) is 5.92 Å². The number of ether oxygens (including phenoxy) is 1. The van der Waals surface area contributed by atoms with Crippen LogP contribution in [0.3, 0.4) is 0 Å². The second-order valence-electron chi connectivity index (χ2n) is 6.01. The third kappa shape index (κ3) is 5.51. The van der Waals surface area contributed by atoms with Gasteiger partial charge in [0.15, 0.2) is 0 Å². The van der Waals surface area contributed by atoms with E-state index >= 15 is 0 Å². The molecule has 1 aliphatic heterocycles. The van der Waals surface area contributed by atoms with Crippen molar-refractivity contribution in [3.8, 4) is 5.75 Å². The van der Waals surface area contributed by atoms with Gasteiger partial charge in [-0.2, -0.15) is 0 Å². The van der Waals surface area contributed by atoms with Gasteiger partial charge in [-0.25, -0.2) is 0 Å². The summed E-state index contributed by atoms with van der Waals surface area (Å²) in [7, 11) is 0. The van der Waals surface area contributed by atoms with Crippen LogP contribution in [0.1, 0.15) is 26.7 Å². The summed E-state index contributed by atoms with van der Waals surface area (Å²) < 4.78 is 5.76. The minimum atomic E-state index is 0.604. The van der Waals surface area contributed by atoms with Crippen molar-refractivity contribution in [2.75, 3.05) is 32.8 Å². The first-order valence-electron chi connectivity index (χ1n) is 7.87. The Morgan fingerprint density at radius 3 is 2.55 bits per heavy atom. The highest BCUT2D eigenvalue weighted by Gasteiger charge is 2.18. The standard InChI is InChI=1S/C17H28N2O/c1-15(2)18-14-16-8-10-19(11-9-16)12-13-20-17-6-4-3-5-7-17/h3-7,15-16,18H,8-14H2,1-2H3. The van der Waals surface area contributed by atoms with Gasteiger partial charge in [0.25, 0.3) is 0 Å². The first-order chi connectivity index (χ1) is 9.74. The minimum absolute atomic E-state index is 0.604. The van der Waals surface area contributed by atoms with E-state index < -0.39 is 0 Å². The van der Waals surface area contributed by atoms with Crippen molar-refractivity contribution in [1.29, 1.82) is 0 Å². The number of hydrogen-bond acceptors (Lipinski definition) is 3. The molecule has 1 fully saturated rings. The van der Waals surface area contributed by atoms with Gasteiger partial charge in [-0.05, 0) is 50.5 Å². The zero-order valence-corrected chi connectivity index (χ0v) is 12.8. The maximum atomic E-state index is 5.76. The van der Waals surface area contributed by atoms with E-state index in [-0.39, 0.29) is 0 Å². The molecule has 1 heterocycles. The highest BCUT2D eigenvalue weighted by Crippen LogP contribution is 2.16. The van der Waals surface area contributed by atoms with Crippen LogP contribution in [-0.2, 0) is 0 Å². The summed E-state index contributed by atoms with van der Waals surface area (Å²) in [4.78, 5) is 2.52. The van der Waals surface area contributed by atoms with Crippen molar-refractivity contribution in [1.82, 2.24) is 10.2 Å². The molecule has 1 aromatic rings. The van der Waals surface area contributed by atoms with E-state index in [1.165, 1.54) is 32.5 Å². The molecule has 112 valence electrons. The fourth-order valence-electron chi connectivity index (χ4n) is 2.63. The average Bonchev–Trinajstić information content (AvgIpc) is 2.47. The lowest BCUT2D eigenvalue weighted by Crippen LogP contribution is -2.40. The van der Waals surface area contributed by atoms with Gasteiger partial charge in [-0.15, -0.1) is 0 Å². The lowest BCUT2D eigenvalue weighted by atomic mass is 9.96. The molecule has 0 unspecified atom stereocenters. The van der Waals surface area contributed by atoms with Crippen LogP contribution >= 0.6 is 0 Å². The van der Waals surface area contributed by atoms with Gasteiger partial charge in [0.05, 0.1) is 0 Å². The molecule has 1 aromatic carbocycles. The number of rotatable bonds is 7. The van der Waals surface area contributed by atoms with E-state index in [9.17, 15) is 0 Å². The summed E-state index contributed by atoms with van der Waals surface area (Å²) in [5, 5.41) is 3.55. The van der Waals surface area contributed by atoms with Crippen LogP contribution in [0, 0.1) is 5.92 Å². The van der Waals surface area contributed by atoms with E-state index in [4.69, 9.17) is 4.74 Å². The number of nitrogens with one attached hydrogen (secondary N) is 1. The van der Waals surface area contributed by atoms with Gasteiger partial charge in [0.1, 0.15) is 12.4 Å². The number of para-hydroxylation sites is 1. The fourth-order valence-corrected chi connectivity index (χ4v) is 2.63. The summed E-state index contributed by atoms with van der Waals surface area (Å²) in [5.74, 6) is 1.83. The van der Waals surface area contributed by atoms with Crippen LogP contribution in [0.4, 0.5) is 0 Å². The van der Waals surface area contributed by atoms with Crippen LogP contribution in [-0.4, -0.2) is 43.7 Å². The summed E-state index contributed by atoms with van der Waals surface area (Å²) in [5.41, 5.74) is 0. The molecule has 1 aliphatic rings. The Morgan fingerprint density at radius 2 is 1.90 bits per heavy atom. The Balaban J connectivity index is 1.58. The molecule has 0 atom stereocenters. The summed E-state index contributed by atoms with van der Waals surface area (Å²) in [6, 6.07) is 10.7. The largest absolute Gasteiger partial charge is 0.492 e. The SMILES string of the molecule is CC(C)NCC1CCN(CCOc2ccccc2)CC1. The summed E-state index contributed by atoms with van der Waals surface area (Å²) >= 11 is 0. The maximum absolute atomic E-state index is 5.76. The molecule has 3 nitrogen and oxygen atoms in total. The van der Waals surface area contributed by atoms with Crippen molar-refractivity contribution >= 4 is 0 Å². The van der Waals surface area contributed by atoms with Crippen molar-refractivity contribution in [2.45, 2.75) is 32.7 Å². The number of likely N-dealkylation sites (tertiary alicyclic amines) is 1. The van der Waals surface area contributed by atoms with E-state index in [2.05, 4.69) is 24.1 Å². The highest BCUT2D eigenvalue weighted by atomic mass is 16.5. The molecule has 1 N–H and O–H groups in total. The van der Waals surface area contributed by atoms with Crippen LogP contribution in [0.2, 0.25) is 0 Å². The zero-order chi connectivity index (χ0) is 14.2. The Kier molecular flexibility index (Phi) is 6.34. The monoisotopic (exact) mass is 276 g/mol. The predicted octanol–water partition coefficient (Wildman–Crippen LogP) is 2.78. The third-order valence-electron chi connectivity index (χ3n) is 3.94. The Morgan fingerprint density at radius 1 is 1.20 bits per heavy atom. The normalized spacial score (nSPS) is 17.6. The molecular weight excluding hydrogens is 248 g/mol. The van der Waals surface area contributed by atoms with E-state index in [1.807, 2.05) is 30.3 Å². The predicted molar refractivity (Wildman–Crippen MR) is 84.2 cm³/mol. The minimum Gasteiger partial charge on any atom is -0.492 e. The molecule has 1 saturated heterocycles. The molecule has 0 spiro atoms. The van der Waals surface area contributed by atoms with Crippen LogP contribution in [0.25, 0.3) is 0 Å². The molecule has 2 rings (SSSR count). The van der Waals surface area contributed by atoms with Crippen molar-refractivity contribution in [3.05, 3.63) is 30.3 Å². The lowest BCUT2D eigenvalue weighted by molar-refractivity contribution is 0.153. The third-order valence-corrected chi connectivity index (χ3v) is 3.94. The Bertz CT molecular complexity index is 359. The van der Waals surface area contributed by atoms with Gasteiger partial charge < -0.3 is 10.1 Å². The van der Waals surface area contributed by atoms with E-state index in [0.29, 0.717) is 6.04 Å². The Labute approximate surface area is 123 Å². The van der Waals surface area contributed by atoms with Crippen LogP contribution in [0.15, 0.2) is 30.3 Å². The molecule has 0 aliphatic carbocycles. The maximum Gasteiger partial charge on any atom is 0.119 e. The van der Waals surface area contributed by atoms with Crippen molar-refractivity contribution < 1.29 is 4.74 Å². The number of nitrogens with zero attached hydrogens (tertiary/aromatic N) is 1. The van der Waals surface area contributed by atoms with Crippen LogP contribution in [0.5, 0.6) is 5.75 Å². The van der Waals surface area contributed by atoms with Crippen LogP contribution < -0.4 is 10.1 Å². The molecule has 0 saturated carbocycles. The van der Waals surface area contributed by atoms with Gasteiger partial charge in [-0.3, -0.25) is 4.90 Å². The molecule has 0 aromatic heterocycles. The second kappa shape index (κ2) is 8.28. The van der Waals surface area contributed by atoms with Gasteiger partial charge in [0.2, 0.25) is 0 Å². The van der Waals surface area contributed by atoms with Gasteiger partial charge >= 0.3 is 0 Å². The quantitative estimate of drug-likeness (QED) is 0.829. The van der Waals surface area contributed by atoms with E-state index in [1.54, 1.807) is 0 Å². The molecule has 3 heteroatoms. The average molecular weight is 276 g/mol.